The quantitative estimate of drug-likeness (QED) is 0.812. The van der Waals surface area contributed by atoms with Crippen molar-refractivity contribution in [2.24, 2.45) is 4.99 Å². The van der Waals surface area contributed by atoms with E-state index in [0.29, 0.717) is 30.5 Å². The fourth-order valence-corrected chi connectivity index (χ4v) is 3.89. The van der Waals surface area contributed by atoms with E-state index in [1.165, 1.54) is 0 Å². The van der Waals surface area contributed by atoms with Crippen LogP contribution in [-0.2, 0) is 11.2 Å². The lowest BCUT2D eigenvalue weighted by Gasteiger charge is -2.37. The largest absolute Gasteiger partial charge is 0.486 e. The normalized spacial score (nSPS) is 21.1. The number of ether oxygens (including phenoxy) is 4. The zero-order valence-electron chi connectivity index (χ0n) is 16.7. The molecule has 0 aromatic heterocycles. The van der Waals surface area contributed by atoms with Crippen LogP contribution in [-0.4, -0.2) is 54.7 Å². The van der Waals surface area contributed by atoms with Gasteiger partial charge < -0.3 is 29.0 Å². The summed E-state index contributed by atoms with van der Waals surface area (Å²) in [5, 5.41) is 19.2. The second kappa shape index (κ2) is 8.20. The van der Waals surface area contributed by atoms with Gasteiger partial charge in [-0.15, -0.1) is 0 Å². The average molecular weight is 419 g/mol. The summed E-state index contributed by atoms with van der Waals surface area (Å²) in [5.41, 5.74) is 2.92. The van der Waals surface area contributed by atoms with Crippen molar-refractivity contribution in [2.45, 2.75) is 18.9 Å². The van der Waals surface area contributed by atoms with Gasteiger partial charge in [-0.05, 0) is 42.3 Å². The van der Waals surface area contributed by atoms with Crippen molar-refractivity contribution in [1.29, 1.82) is 5.26 Å². The molecular weight excluding hydrogens is 398 g/mol. The van der Waals surface area contributed by atoms with Gasteiger partial charge in [0, 0.05) is 18.2 Å². The Morgan fingerprint density at radius 1 is 1.19 bits per heavy atom. The molecule has 2 atom stereocenters. The van der Waals surface area contributed by atoms with Crippen molar-refractivity contribution in [3.63, 3.8) is 0 Å². The Morgan fingerprint density at radius 2 is 2.06 bits per heavy atom. The molecule has 0 radical (unpaired) electrons. The van der Waals surface area contributed by atoms with Gasteiger partial charge in [-0.3, -0.25) is 0 Å². The molecule has 0 aliphatic carbocycles. The Bertz CT molecular complexity index is 1090. The van der Waals surface area contributed by atoms with Crippen molar-refractivity contribution in [3.8, 4) is 23.3 Å². The van der Waals surface area contributed by atoms with Crippen LogP contribution in [0.1, 0.15) is 11.1 Å². The molecule has 0 saturated heterocycles. The number of nitriles is 1. The van der Waals surface area contributed by atoms with Gasteiger partial charge in [0.05, 0.1) is 5.70 Å². The lowest BCUT2D eigenvalue weighted by atomic mass is 9.95. The van der Waals surface area contributed by atoms with Crippen LogP contribution in [0, 0.1) is 11.3 Å². The highest BCUT2D eigenvalue weighted by Crippen LogP contribution is 2.35. The Balaban J connectivity index is 1.30. The van der Waals surface area contributed by atoms with Gasteiger partial charge in [0.25, 0.3) is 0 Å². The Kier molecular flexibility index (Phi) is 5.10. The van der Waals surface area contributed by atoms with Gasteiger partial charge in [-0.1, -0.05) is 12.1 Å². The standard InChI is InChI=1S/C23H21N3O5/c24-8-10-28-16-5-6-18-15(11-16)7-9-26-19(18)12-22(25-23(26)27)30-14-17-13-29-20-3-1-2-4-21(20)31-17/h1-6,11-12,17,23,27H,7,9-10,13-14H2. The Morgan fingerprint density at radius 3 is 2.94 bits per heavy atom. The Labute approximate surface area is 179 Å². The molecule has 0 bridgehead atoms. The first-order chi connectivity index (χ1) is 15.2. The summed E-state index contributed by atoms with van der Waals surface area (Å²) in [6.07, 6.45) is 1.29. The maximum atomic E-state index is 10.5. The summed E-state index contributed by atoms with van der Waals surface area (Å²) in [4.78, 5) is 6.10. The van der Waals surface area contributed by atoms with Crippen molar-refractivity contribution in [3.05, 3.63) is 59.7 Å². The number of aliphatic imine (C=N–C) groups is 1. The number of benzene rings is 2. The van der Waals surface area contributed by atoms with E-state index < -0.39 is 6.35 Å². The SMILES string of the molecule is N#CCOc1ccc2c(c1)CCN1C2=CC(OCC2COc3ccccc3O2)=NC1O. The molecule has 3 heterocycles. The number of hydrogen-bond donors (Lipinski definition) is 1. The van der Waals surface area contributed by atoms with E-state index in [1.807, 2.05) is 59.5 Å². The minimum absolute atomic E-state index is 0.00833. The molecule has 8 heteroatoms. The number of nitrogens with zero attached hydrogens (tertiary/aromatic N) is 3. The summed E-state index contributed by atoms with van der Waals surface area (Å²) in [7, 11) is 0. The van der Waals surface area contributed by atoms with Crippen LogP contribution in [0.3, 0.4) is 0 Å². The highest BCUT2D eigenvalue weighted by molar-refractivity contribution is 5.97. The molecule has 3 aliphatic rings. The predicted octanol–water partition coefficient (Wildman–Crippen LogP) is 2.33. The third-order valence-electron chi connectivity index (χ3n) is 5.35. The second-order valence-electron chi connectivity index (χ2n) is 7.36. The summed E-state index contributed by atoms with van der Waals surface area (Å²) in [5.74, 6) is 2.41. The van der Waals surface area contributed by atoms with Gasteiger partial charge in [-0.2, -0.15) is 10.3 Å². The molecule has 1 N–H and O–H groups in total. The topological polar surface area (TPSA) is 96.5 Å². The maximum Gasteiger partial charge on any atom is 0.229 e. The van der Waals surface area contributed by atoms with Gasteiger partial charge >= 0.3 is 0 Å². The number of fused-ring (bicyclic) bond motifs is 4. The summed E-state index contributed by atoms with van der Waals surface area (Å²) in [6, 6.07) is 15.2. The number of rotatable bonds is 4. The van der Waals surface area contributed by atoms with Crippen LogP contribution in [0.4, 0.5) is 0 Å². The second-order valence-corrected chi connectivity index (χ2v) is 7.36. The number of aliphatic hydroxyl groups is 1. The van der Waals surface area contributed by atoms with E-state index in [9.17, 15) is 5.11 Å². The van der Waals surface area contributed by atoms with Crippen LogP contribution in [0.2, 0.25) is 0 Å². The lowest BCUT2D eigenvalue weighted by molar-refractivity contribution is 0.0363. The molecule has 0 spiro atoms. The maximum absolute atomic E-state index is 10.5. The van der Waals surface area contributed by atoms with Crippen LogP contribution in [0.25, 0.3) is 5.70 Å². The van der Waals surface area contributed by atoms with Gasteiger partial charge in [-0.25, -0.2) is 0 Å². The van der Waals surface area contributed by atoms with E-state index >= 15 is 0 Å². The van der Waals surface area contributed by atoms with Crippen LogP contribution in [0.5, 0.6) is 17.2 Å². The fraction of sp³-hybridized carbons (Fsp3) is 0.304. The van der Waals surface area contributed by atoms with E-state index in [0.717, 1.165) is 29.0 Å². The van der Waals surface area contributed by atoms with E-state index in [-0.39, 0.29) is 19.3 Å². The molecule has 158 valence electrons. The third-order valence-corrected chi connectivity index (χ3v) is 5.35. The molecule has 0 fully saturated rings. The number of hydrogen-bond acceptors (Lipinski definition) is 8. The molecule has 0 saturated carbocycles. The first kappa shape index (κ1) is 19.3. The van der Waals surface area contributed by atoms with E-state index in [1.54, 1.807) is 0 Å². The third kappa shape index (κ3) is 3.88. The zero-order chi connectivity index (χ0) is 21.2. The molecule has 0 amide bonds. The molecule has 2 unspecified atom stereocenters. The zero-order valence-corrected chi connectivity index (χ0v) is 16.7. The molecule has 2 aromatic carbocycles. The van der Waals surface area contributed by atoms with Gasteiger partial charge in [0.1, 0.15) is 25.0 Å². The first-order valence-corrected chi connectivity index (χ1v) is 10.1. The van der Waals surface area contributed by atoms with E-state index in [2.05, 4.69) is 4.99 Å². The molecule has 8 nitrogen and oxygen atoms in total. The minimum Gasteiger partial charge on any atom is -0.486 e. The van der Waals surface area contributed by atoms with Crippen molar-refractivity contribution < 1.29 is 24.1 Å². The molecular formula is C23H21N3O5. The lowest BCUT2D eigenvalue weighted by Crippen LogP contribution is -2.41. The monoisotopic (exact) mass is 419 g/mol. The molecule has 31 heavy (non-hydrogen) atoms. The minimum atomic E-state index is -1.01. The first-order valence-electron chi connectivity index (χ1n) is 10.1. The fourth-order valence-electron chi connectivity index (χ4n) is 3.89. The van der Waals surface area contributed by atoms with Crippen LogP contribution >= 0.6 is 0 Å². The van der Waals surface area contributed by atoms with Gasteiger partial charge in [0.2, 0.25) is 12.2 Å². The smallest absolute Gasteiger partial charge is 0.229 e. The average Bonchev–Trinajstić information content (AvgIpc) is 2.81. The van der Waals surface area contributed by atoms with Gasteiger partial charge in [0.15, 0.2) is 24.2 Å². The molecule has 2 aromatic rings. The molecule has 3 aliphatic heterocycles. The van der Waals surface area contributed by atoms with Crippen molar-refractivity contribution >= 4 is 11.6 Å². The van der Waals surface area contributed by atoms with Crippen LogP contribution in [0.15, 0.2) is 53.5 Å². The van der Waals surface area contributed by atoms with Crippen molar-refractivity contribution in [1.82, 2.24) is 4.90 Å². The Hall–Kier alpha value is -3.70. The number of aliphatic hydroxyl groups excluding tert-OH is 1. The van der Waals surface area contributed by atoms with Crippen molar-refractivity contribution in [2.75, 3.05) is 26.4 Å². The predicted molar refractivity (Wildman–Crippen MR) is 112 cm³/mol. The highest BCUT2D eigenvalue weighted by atomic mass is 16.6. The summed E-state index contributed by atoms with van der Waals surface area (Å²) >= 11 is 0. The number of para-hydroxylation sites is 2. The van der Waals surface area contributed by atoms with Crippen LogP contribution < -0.4 is 14.2 Å². The summed E-state index contributed by atoms with van der Waals surface area (Å²) < 4.78 is 22.9. The molecule has 5 rings (SSSR count). The summed E-state index contributed by atoms with van der Waals surface area (Å²) in [6.45, 7) is 1.25. The highest BCUT2D eigenvalue weighted by Gasteiger charge is 2.30. The van der Waals surface area contributed by atoms with E-state index in [4.69, 9.17) is 24.2 Å².